The summed E-state index contributed by atoms with van der Waals surface area (Å²) in [6.07, 6.45) is 5.12. The Balaban J connectivity index is 1.20. The molecule has 1 amide bonds. The lowest BCUT2D eigenvalue weighted by Gasteiger charge is -2.24. The van der Waals surface area contributed by atoms with Crippen LogP contribution in [-0.2, 0) is 6.61 Å². The van der Waals surface area contributed by atoms with E-state index >= 15 is 0 Å². The minimum atomic E-state index is -0.226. The average Bonchev–Trinajstić information content (AvgIpc) is 3.41. The second-order valence-electron chi connectivity index (χ2n) is 8.22. The lowest BCUT2D eigenvalue weighted by Crippen LogP contribution is -2.50. The van der Waals surface area contributed by atoms with Crippen LogP contribution in [0.15, 0.2) is 48.5 Å². The number of thiocarbonyl (C=S) groups is 1. The topological polar surface area (TPSA) is 71.6 Å². The number of benzene rings is 2. The zero-order valence-electron chi connectivity index (χ0n) is 17.7. The quantitative estimate of drug-likeness (QED) is 0.448. The molecule has 2 aromatic rings. The Kier molecular flexibility index (Phi) is 6.92. The van der Waals surface area contributed by atoms with Crippen LogP contribution in [0, 0.1) is 11.8 Å². The first-order valence-corrected chi connectivity index (χ1v) is 11.3. The van der Waals surface area contributed by atoms with Crippen molar-refractivity contribution in [3.8, 4) is 11.5 Å². The van der Waals surface area contributed by atoms with Gasteiger partial charge in [-0.05, 0) is 92.2 Å². The molecule has 3 unspecified atom stereocenters. The van der Waals surface area contributed by atoms with Gasteiger partial charge in [0.25, 0.3) is 5.91 Å². The maximum atomic E-state index is 12.4. The molecule has 3 N–H and O–H groups in total. The van der Waals surface area contributed by atoms with Gasteiger partial charge in [0.05, 0.1) is 6.61 Å². The van der Waals surface area contributed by atoms with Gasteiger partial charge in [0, 0.05) is 11.6 Å². The Morgan fingerprint density at radius 3 is 2.29 bits per heavy atom. The van der Waals surface area contributed by atoms with Crippen LogP contribution < -0.4 is 25.6 Å². The monoisotopic (exact) mass is 439 g/mol. The van der Waals surface area contributed by atoms with E-state index in [4.69, 9.17) is 21.7 Å². The van der Waals surface area contributed by atoms with Gasteiger partial charge in [-0.2, -0.15) is 0 Å². The van der Waals surface area contributed by atoms with Crippen LogP contribution in [0.4, 0.5) is 0 Å². The Hall–Kier alpha value is -2.80. The lowest BCUT2D eigenvalue weighted by molar-refractivity contribution is 0.0943. The molecule has 0 saturated heterocycles. The van der Waals surface area contributed by atoms with Crippen molar-refractivity contribution in [3.05, 3.63) is 59.7 Å². The van der Waals surface area contributed by atoms with Gasteiger partial charge in [-0.1, -0.05) is 18.6 Å². The van der Waals surface area contributed by atoms with Crippen molar-refractivity contribution >= 4 is 23.2 Å². The van der Waals surface area contributed by atoms with Crippen molar-refractivity contribution in [3.63, 3.8) is 0 Å². The maximum absolute atomic E-state index is 12.4. The van der Waals surface area contributed by atoms with E-state index in [-0.39, 0.29) is 5.91 Å². The summed E-state index contributed by atoms with van der Waals surface area (Å²) < 4.78 is 11.2. The van der Waals surface area contributed by atoms with Gasteiger partial charge in [-0.15, -0.1) is 0 Å². The van der Waals surface area contributed by atoms with Crippen LogP contribution in [-0.4, -0.2) is 23.7 Å². The third-order valence-corrected chi connectivity index (χ3v) is 6.32. The van der Waals surface area contributed by atoms with E-state index in [0.717, 1.165) is 28.9 Å². The van der Waals surface area contributed by atoms with Gasteiger partial charge in [0.15, 0.2) is 5.11 Å². The fraction of sp³-hybridized carbons (Fsp3) is 0.417. The lowest BCUT2D eigenvalue weighted by atomic mass is 9.96. The summed E-state index contributed by atoms with van der Waals surface area (Å²) in [6, 6.07) is 15.3. The molecule has 4 rings (SSSR count). The van der Waals surface area contributed by atoms with Crippen molar-refractivity contribution in [2.24, 2.45) is 11.8 Å². The van der Waals surface area contributed by atoms with Crippen LogP contribution in [0.3, 0.4) is 0 Å². The molecule has 7 heteroatoms. The van der Waals surface area contributed by atoms with Gasteiger partial charge in [-0.3, -0.25) is 15.6 Å². The van der Waals surface area contributed by atoms with E-state index in [0.29, 0.717) is 29.9 Å². The van der Waals surface area contributed by atoms with E-state index in [9.17, 15) is 4.79 Å². The second-order valence-corrected chi connectivity index (χ2v) is 8.63. The summed E-state index contributed by atoms with van der Waals surface area (Å²) in [7, 11) is 0. The fourth-order valence-corrected chi connectivity index (χ4v) is 4.73. The zero-order chi connectivity index (χ0) is 21.6. The SMILES string of the molecule is CCOc1ccc(OCc2ccc(C(=O)NNC(=S)NC3CC4CCC3C4)cc2)cc1. The van der Waals surface area contributed by atoms with Crippen molar-refractivity contribution in [1.82, 2.24) is 16.2 Å². The molecule has 0 heterocycles. The molecule has 2 saturated carbocycles. The van der Waals surface area contributed by atoms with E-state index in [1.807, 2.05) is 43.3 Å². The highest BCUT2D eigenvalue weighted by Crippen LogP contribution is 2.44. The van der Waals surface area contributed by atoms with Crippen LogP contribution in [0.1, 0.15) is 48.5 Å². The molecular formula is C24H29N3O3S. The number of hydrazine groups is 1. The number of hydrogen-bond donors (Lipinski definition) is 3. The molecule has 164 valence electrons. The number of carbonyl (C=O) groups excluding carboxylic acids is 1. The molecule has 2 aliphatic carbocycles. The van der Waals surface area contributed by atoms with Crippen molar-refractivity contribution in [2.45, 2.75) is 45.3 Å². The number of ether oxygens (including phenoxy) is 2. The third kappa shape index (κ3) is 5.67. The van der Waals surface area contributed by atoms with E-state index in [2.05, 4.69) is 16.2 Å². The minimum Gasteiger partial charge on any atom is -0.494 e. The summed E-state index contributed by atoms with van der Waals surface area (Å²) >= 11 is 5.34. The molecule has 6 nitrogen and oxygen atoms in total. The molecular weight excluding hydrogens is 410 g/mol. The van der Waals surface area contributed by atoms with Crippen LogP contribution >= 0.6 is 12.2 Å². The largest absolute Gasteiger partial charge is 0.494 e. The first kappa shape index (κ1) is 21.4. The standard InChI is InChI=1S/C24H29N3O3S/c1-2-29-20-9-11-21(12-10-20)30-15-16-3-6-18(7-4-16)23(28)26-27-24(31)25-22-14-17-5-8-19(22)13-17/h3-4,6-7,9-12,17,19,22H,2,5,8,13-15H2,1H3,(H,26,28)(H2,25,27,31). The number of hydrogen-bond acceptors (Lipinski definition) is 4. The number of rotatable bonds is 7. The maximum Gasteiger partial charge on any atom is 0.269 e. The summed E-state index contributed by atoms with van der Waals surface area (Å²) in [6.45, 7) is 3.01. The highest BCUT2D eigenvalue weighted by atomic mass is 32.1. The normalized spacial score (nSPS) is 21.4. The summed E-state index contributed by atoms with van der Waals surface area (Å²) in [5, 5.41) is 3.83. The summed E-state index contributed by atoms with van der Waals surface area (Å²) in [4.78, 5) is 12.4. The first-order valence-electron chi connectivity index (χ1n) is 10.9. The first-order chi connectivity index (χ1) is 15.1. The average molecular weight is 440 g/mol. The summed E-state index contributed by atoms with van der Waals surface area (Å²) in [5.41, 5.74) is 7.04. The Morgan fingerprint density at radius 1 is 0.968 bits per heavy atom. The third-order valence-electron chi connectivity index (χ3n) is 6.10. The van der Waals surface area contributed by atoms with Crippen LogP contribution in [0.25, 0.3) is 0 Å². The predicted molar refractivity (Wildman–Crippen MR) is 124 cm³/mol. The Bertz CT molecular complexity index is 901. The van der Waals surface area contributed by atoms with E-state index in [1.165, 1.54) is 25.7 Å². The van der Waals surface area contributed by atoms with Gasteiger partial charge in [0.2, 0.25) is 0 Å². The molecule has 0 aromatic heterocycles. The van der Waals surface area contributed by atoms with Crippen LogP contribution in [0.5, 0.6) is 11.5 Å². The highest BCUT2D eigenvalue weighted by Gasteiger charge is 2.39. The molecule has 2 aliphatic rings. The number of nitrogens with one attached hydrogen (secondary N) is 3. The van der Waals surface area contributed by atoms with Crippen molar-refractivity contribution in [1.29, 1.82) is 0 Å². The molecule has 3 atom stereocenters. The predicted octanol–water partition coefficient (Wildman–Crippen LogP) is 3.96. The smallest absolute Gasteiger partial charge is 0.269 e. The number of carbonyl (C=O) groups is 1. The molecule has 0 spiro atoms. The molecule has 31 heavy (non-hydrogen) atoms. The Morgan fingerprint density at radius 2 is 1.68 bits per heavy atom. The molecule has 0 aliphatic heterocycles. The number of amides is 1. The zero-order valence-corrected chi connectivity index (χ0v) is 18.5. The van der Waals surface area contributed by atoms with E-state index in [1.54, 1.807) is 12.1 Å². The summed E-state index contributed by atoms with van der Waals surface area (Å²) in [5.74, 6) is 2.93. The van der Waals surface area contributed by atoms with Crippen molar-refractivity contribution < 1.29 is 14.3 Å². The molecule has 2 aromatic carbocycles. The van der Waals surface area contributed by atoms with Gasteiger partial charge in [0.1, 0.15) is 18.1 Å². The fourth-order valence-electron chi connectivity index (χ4n) is 4.53. The van der Waals surface area contributed by atoms with Crippen LogP contribution in [0.2, 0.25) is 0 Å². The molecule has 2 bridgehead atoms. The van der Waals surface area contributed by atoms with Gasteiger partial charge in [-0.25, -0.2) is 0 Å². The number of fused-ring (bicyclic) bond motifs is 2. The minimum absolute atomic E-state index is 0.226. The van der Waals surface area contributed by atoms with E-state index < -0.39 is 0 Å². The molecule has 2 fully saturated rings. The van der Waals surface area contributed by atoms with Gasteiger partial charge >= 0.3 is 0 Å². The highest BCUT2D eigenvalue weighted by molar-refractivity contribution is 7.80. The molecule has 0 radical (unpaired) electrons. The van der Waals surface area contributed by atoms with Gasteiger partial charge < -0.3 is 14.8 Å². The second kappa shape index (κ2) is 10.0. The van der Waals surface area contributed by atoms with Crippen molar-refractivity contribution in [2.75, 3.05) is 6.61 Å². The Labute approximate surface area is 188 Å².